The minimum atomic E-state index is -0.272. The number of rotatable bonds is 1. The first-order chi connectivity index (χ1) is 12.8. The summed E-state index contributed by atoms with van der Waals surface area (Å²) in [5, 5.41) is 5.71. The molecule has 0 aliphatic heterocycles. The molecule has 4 saturated carbocycles. The normalized spacial score (nSPS) is 45.0. The molecule has 27 heavy (non-hydrogen) atoms. The molecule has 0 aromatic rings. The highest BCUT2D eigenvalue weighted by atomic mass is 16.2. The van der Waals surface area contributed by atoms with Crippen molar-refractivity contribution in [3.8, 4) is 0 Å². The van der Waals surface area contributed by atoms with Gasteiger partial charge in [0.2, 0.25) is 11.8 Å². The van der Waals surface area contributed by atoms with Gasteiger partial charge in [0.25, 0.3) is 0 Å². The van der Waals surface area contributed by atoms with Gasteiger partial charge in [-0.2, -0.15) is 10.1 Å². The molecule has 6 atom stereocenters. The number of hydrogen-bond acceptors (Lipinski definition) is 3. The number of nitrogens with zero attached hydrogens (tertiary/aromatic N) is 2. The Kier molecular flexibility index (Phi) is 4.75. The molecule has 4 aliphatic carbocycles. The summed E-state index contributed by atoms with van der Waals surface area (Å²) in [7, 11) is 0. The molecule has 0 spiro atoms. The fourth-order valence-electron chi connectivity index (χ4n) is 7.73. The number of fused-ring (bicyclic) bond motifs is 5. The summed E-state index contributed by atoms with van der Waals surface area (Å²) in [6, 6.07) is 0. The van der Waals surface area contributed by atoms with Crippen molar-refractivity contribution >= 4 is 17.5 Å². The molecular formula is C23H36N2O2. The Balaban J connectivity index is 1.62. The zero-order valence-corrected chi connectivity index (χ0v) is 17.6. The summed E-state index contributed by atoms with van der Waals surface area (Å²) in [6.07, 6.45) is 13.1. The molecule has 0 heterocycles. The Labute approximate surface area is 164 Å². The number of hydrogen-bond donors (Lipinski definition) is 0. The average Bonchev–Trinajstić information content (AvgIpc) is 2.95. The quantitative estimate of drug-likeness (QED) is 0.596. The van der Waals surface area contributed by atoms with Gasteiger partial charge < -0.3 is 0 Å². The van der Waals surface area contributed by atoms with Crippen molar-refractivity contribution in [3.63, 3.8) is 0 Å². The molecule has 4 aliphatic rings. The molecule has 6 unspecified atom stereocenters. The van der Waals surface area contributed by atoms with E-state index < -0.39 is 0 Å². The zero-order chi connectivity index (χ0) is 19.4. The van der Waals surface area contributed by atoms with E-state index in [4.69, 9.17) is 0 Å². The average molecular weight is 373 g/mol. The first-order valence-electron chi connectivity index (χ1n) is 11.2. The zero-order valence-electron chi connectivity index (χ0n) is 17.6. The van der Waals surface area contributed by atoms with E-state index in [2.05, 4.69) is 18.9 Å². The van der Waals surface area contributed by atoms with Gasteiger partial charge in [-0.1, -0.05) is 26.7 Å². The van der Waals surface area contributed by atoms with E-state index in [1.54, 1.807) is 0 Å². The predicted molar refractivity (Wildman–Crippen MR) is 107 cm³/mol. The van der Waals surface area contributed by atoms with Crippen LogP contribution in [0.15, 0.2) is 5.10 Å². The SMILES string of the molecule is CC(=O)N(N=C1CCC2C3CCC4CCCCC4(C)C3CCC12C)C(C)=O. The molecular weight excluding hydrogens is 336 g/mol. The Bertz CT molecular complexity index is 657. The summed E-state index contributed by atoms with van der Waals surface area (Å²) in [4.78, 5) is 23.7. The van der Waals surface area contributed by atoms with Crippen molar-refractivity contribution in [1.29, 1.82) is 0 Å². The lowest BCUT2D eigenvalue weighted by atomic mass is 9.45. The highest BCUT2D eigenvalue weighted by Gasteiger charge is 2.59. The molecule has 0 aromatic heterocycles. The third-order valence-electron chi connectivity index (χ3n) is 9.14. The van der Waals surface area contributed by atoms with E-state index in [1.165, 1.54) is 71.6 Å². The van der Waals surface area contributed by atoms with Gasteiger partial charge in [-0.05, 0) is 80.5 Å². The van der Waals surface area contributed by atoms with Crippen molar-refractivity contribution in [1.82, 2.24) is 5.01 Å². The topological polar surface area (TPSA) is 49.7 Å². The maximum absolute atomic E-state index is 11.9. The monoisotopic (exact) mass is 372 g/mol. The van der Waals surface area contributed by atoms with Crippen LogP contribution in [-0.4, -0.2) is 22.5 Å². The second-order valence-electron chi connectivity index (χ2n) is 10.3. The lowest BCUT2D eigenvalue weighted by Gasteiger charge is -2.59. The van der Waals surface area contributed by atoms with Crippen LogP contribution in [0.4, 0.5) is 0 Å². The van der Waals surface area contributed by atoms with Gasteiger partial charge in [-0.3, -0.25) is 9.59 Å². The highest BCUT2D eigenvalue weighted by molar-refractivity contribution is 5.98. The molecule has 0 bridgehead atoms. The first-order valence-corrected chi connectivity index (χ1v) is 11.2. The molecule has 2 amide bonds. The number of carbonyl (C=O) groups excluding carboxylic acids is 2. The van der Waals surface area contributed by atoms with Crippen LogP contribution >= 0.6 is 0 Å². The van der Waals surface area contributed by atoms with Crippen molar-refractivity contribution in [2.24, 2.45) is 39.6 Å². The molecule has 150 valence electrons. The van der Waals surface area contributed by atoms with E-state index in [0.717, 1.165) is 34.9 Å². The molecule has 0 N–H and O–H groups in total. The fraction of sp³-hybridized carbons (Fsp3) is 0.870. The molecule has 0 radical (unpaired) electrons. The summed E-state index contributed by atoms with van der Waals surface area (Å²) < 4.78 is 0. The van der Waals surface area contributed by atoms with Crippen LogP contribution in [0.1, 0.15) is 91.9 Å². The van der Waals surface area contributed by atoms with E-state index in [0.29, 0.717) is 11.3 Å². The van der Waals surface area contributed by atoms with Crippen LogP contribution < -0.4 is 0 Å². The van der Waals surface area contributed by atoms with Crippen molar-refractivity contribution < 1.29 is 9.59 Å². The van der Waals surface area contributed by atoms with E-state index >= 15 is 0 Å². The molecule has 4 rings (SSSR count). The lowest BCUT2D eigenvalue weighted by Crippen LogP contribution is -2.53. The van der Waals surface area contributed by atoms with Crippen molar-refractivity contribution in [2.75, 3.05) is 0 Å². The second-order valence-corrected chi connectivity index (χ2v) is 10.3. The maximum Gasteiger partial charge on any atom is 0.246 e. The smallest absolute Gasteiger partial charge is 0.246 e. The molecule has 4 fully saturated rings. The summed E-state index contributed by atoms with van der Waals surface area (Å²) in [5.41, 5.74) is 1.72. The van der Waals surface area contributed by atoms with Crippen LogP contribution in [-0.2, 0) is 9.59 Å². The van der Waals surface area contributed by atoms with Gasteiger partial charge in [-0.15, -0.1) is 0 Å². The summed E-state index contributed by atoms with van der Waals surface area (Å²) in [5.74, 6) is 2.74. The van der Waals surface area contributed by atoms with Gasteiger partial charge in [-0.25, -0.2) is 0 Å². The Morgan fingerprint density at radius 3 is 2.37 bits per heavy atom. The molecule has 4 heteroatoms. The second kappa shape index (κ2) is 6.70. The highest BCUT2D eigenvalue weighted by Crippen LogP contribution is 2.65. The molecule has 4 nitrogen and oxygen atoms in total. The maximum atomic E-state index is 11.9. The van der Waals surface area contributed by atoms with E-state index in [1.807, 2.05) is 0 Å². The third kappa shape index (κ3) is 2.89. The number of amides is 2. The van der Waals surface area contributed by atoms with Crippen LogP contribution in [0.3, 0.4) is 0 Å². The number of carbonyl (C=O) groups is 2. The van der Waals surface area contributed by atoms with Gasteiger partial charge in [0, 0.05) is 25.0 Å². The first kappa shape index (κ1) is 19.1. The standard InChI is InChI=1S/C23H36N2O2/c1-15(26)25(16(2)27)24-21-11-10-19-18-9-8-17-7-5-6-13-22(17,3)20(18)12-14-23(19,21)4/h17-20H,5-14H2,1-4H3. The lowest BCUT2D eigenvalue weighted by molar-refractivity contribution is -0.142. The third-order valence-corrected chi connectivity index (χ3v) is 9.14. The molecule has 0 saturated heterocycles. The van der Waals surface area contributed by atoms with E-state index in [9.17, 15) is 9.59 Å². The van der Waals surface area contributed by atoms with Crippen molar-refractivity contribution in [3.05, 3.63) is 0 Å². The van der Waals surface area contributed by atoms with Gasteiger partial charge in [0.15, 0.2) is 0 Å². The Morgan fingerprint density at radius 1 is 0.926 bits per heavy atom. The predicted octanol–water partition coefficient (Wildman–Crippen LogP) is 5.17. The van der Waals surface area contributed by atoms with Crippen LogP contribution in [0.25, 0.3) is 0 Å². The molecule has 0 aromatic carbocycles. The van der Waals surface area contributed by atoms with Crippen molar-refractivity contribution in [2.45, 2.75) is 91.9 Å². The van der Waals surface area contributed by atoms with Crippen LogP contribution in [0.5, 0.6) is 0 Å². The Morgan fingerprint density at radius 2 is 1.67 bits per heavy atom. The van der Waals surface area contributed by atoms with Crippen LogP contribution in [0.2, 0.25) is 0 Å². The fourth-order valence-corrected chi connectivity index (χ4v) is 7.73. The summed E-state index contributed by atoms with van der Waals surface area (Å²) in [6.45, 7) is 7.84. The number of hydrazone groups is 1. The van der Waals surface area contributed by atoms with E-state index in [-0.39, 0.29) is 17.2 Å². The number of imide groups is 1. The Hall–Kier alpha value is -1.19. The van der Waals surface area contributed by atoms with Gasteiger partial charge in [0.1, 0.15) is 0 Å². The van der Waals surface area contributed by atoms with Gasteiger partial charge >= 0.3 is 0 Å². The summed E-state index contributed by atoms with van der Waals surface area (Å²) >= 11 is 0. The van der Waals surface area contributed by atoms with Gasteiger partial charge in [0.05, 0.1) is 0 Å². The van der Waals surface area contributed by atoms with Crippen LogP contribution in [0, 0.1) is 34.5 Å². The largest absolute Gasteiger partial charge is 0.273 e. The minimum absolute atomic E-state index is 0.0716. The minimum Gasteiger partial charge on any atom is -0.273 e.